The lowest BCUT2D eigenvalue weighted by Gasteiger charge is -2.11. The Morgan fingerprint density at radius 1 is 1.14 bits per heavy atom. The Labute approximate surface area is 126 Å². The molecule has 0 bridgehead atoms. The second-order valence-electron chi connectivity index (χ2n) is 5.34. The highest BCUT2D eigenvalue weighted by atomic mass is 16.5. The van der Waals surface area contributed by atoms with E-state index >= 15 is 0 Å². The average molecular weight is 285 g/mol. The van der Waals surface area contributed by atoms with Gasteiger partial charge >= 0.3 is 0 Å². The van der Waals surface area contributed by atoms with Crippen LogP contribution in [-0.2, 0) is 0 Å². The summed E-state index contributed by atoms with van der Waals surface area (Å²) in [5.74, 6) is 2.73. The summed E-state index contributed by atoms with van der Waals surface area (Å²) in [6.45, 7) is 7.90. The highest BCUT2D eigenvalue weighted by molar-refractivity contribution is 5.58. The minimum absolute atomic E-state index is 0.619. The smallest absolute Gasteiger partial charge is 0.219 e. The summed E-state index contributed by atoms with van der Waals surface area (Å²) >= 11 is 0. The summed E-state index contributed by atoms with van der Waals surface area (Å²) in [7, 11) is 0. The molecule has 1 N–H and O–H groups in total. The molecule has 0 aliphatic heterocycles. The Hall–Kier alpha value is -2.10. The zero-order valence-electron chi connectivity index (χ0n) is 13.0. The van der Waals surface area contributed by atoms with E-state index in [1.165, 1.54) is 0 Å². The highest BCUT2D eigenvalue weighted by Crippen LogP contribution is 2.21. The van der Waals surface area contributed by atoms with Gasteiger partial charge in [-0.15, -0.1) is 0 Å². The van der Waals surface area contributed by atoms with Gasteiger partial charge in [0, 0.05) is 18.2 Å². The topological polar surface area (TPSA) is 47.0 Å². The van der Waals surface area contributed by atoms with E-state index < -0.39 is 0 Å². The number of nitrogens with zero attached hydrogens (tertiary/aromatic N) is 2. The summed E-state index contributed by atoms with van der Waals surface area (Å²) in [5.41, 5.74) is 0.992. The Morgan fingerprint density at radius 2 is 1.90 bits per heavy atom. The van der Waals surface area contributed by atoms with Crippen LogP contribution >= 0.6 is 0 Å². The van der Waals surface area contributed by atoms with E-state index in [2.05, 4.69) is 29.1 Å². The van der Waals surface area contributed by atoms with Crippen LogP contribution < -0.4 is 10.1 Å². The summed E-state index contributed by atoms with van der Waals surface area (Å²) in [6.07, 6.45) is 1.02. The van der Waals surface area contributed by atoms with E-state index in [1.807, 2.05) is 43.3 Å². The Bertz CT molecular complexity index is 555. The minimum Gasteiger partial charge on any atom is -0.478 e. The second kappa shape index (κ2) is 7.62. The third-order valence-electron chi connectivity index (χ3n) is 3.04. The second-order valence-corrected chi connectivity index (χ2v) is 5.34. The van der Waals surface area contributed by atoms with Gasteiger partial charge in [0.05, 0.1) is 6.61 Å². The third kappa shape index (κ3) is 4.74. The van der Waals surface area contributed by atoms with Gasteiger partial charge in [0.1, 0.15) is 5.82 Å². The van der Waals surface area contributed by atoms with Crippen molar-refractivity contribution >= 4 is 5.82 Å². The maximum Gasteiger partial charge on any atom is 0.219 e. The summed E-state index contributed by atoms with van der Waals surface area (Å²) in [5, 5.41) is 3.23. The quantitative estimate of drug-likeness (QED) is 0.835. The van der Waals surface area contributed by atoms with Crippen molar-refractivity contribution in [1.29, 1.82) is 0 Å². The van der Waals surface area contributed by atoms with Crippen LogP contribution in [0.2, 0.25) is 0 Å². The number of benzene rings is 1. The molecule has 1 aromatic heterocycles. The molecule has 1 aromatic carbocycles. The Kier molecular flexibility index (Phi) is 5.55. The predicted octanol–water partition coefficient (Wildman–Crippen LogP) is 4.00. The number of hydrogen-bond acceptors (Lipinski definition) is 4. The number of nitrogens with one attached hydrogen (secondary N) is 1. The molecule has 0 saturated heterocycles. The van der Waals surface area contributed by atoms with Gasteiger partial charge in [-0.3, -0.25) is 0 Å². The van der Waals surface area contributed by atoms with Gasteiger partial charge in [-0.05, 0) is 19.3 Å². The van der Waals surface area contributed by atoms with Gasteiger partial charge in [-0.1, -0.05) is 44.2 Å². The molecule has 2 rings (SSSR count). The molecule has 0 fully saturated rings. The summed E-state index contributed by atoms with van der Waals surface area (Å²) < 4.78 is 5.77. The molecule has 1 heterocycles. The van der Waals surface area contributed by atoms with Crippen molar-refractivity contribution in [2.45, 2.75) is 27.2 Å². The van der Waals surface area contributed by atoms with Crippen LogP contribution in [-0.4, -0.2) is 23.1 Å². The van der Waals surface area contributed by atoms with Crippen LogP contribution in [0, 0.1) is 5.92 Å². The third-order valence-corrected chi connectivity index (χ3v) is 3.04. The number of hydrogen-bond donors (Lipinski definition) is 1. The van der Waals surface area contributed by atoms with Crippen LogP contribution in [0.1, 0.15) is 27.2 Å². The van der Waals surface area contributed by atoms with Crippen LogP contribution in [0.15, 0.2) is 36.4 Å². The van der Waals surface area contributed by atoms with Crippen molar-refractivity contribution in [3.05, 3.63) is 36.4 Å². The first-order chi connectivity index (χ1) is 10.2. The molecule has 0 unspecified atom stereocenters. The van der Waals surface area contributed by atoms with Gasteiger partial charge < -0.3 is 10.1 Å². The minimum atomic E-state index is 0.619. The lowest BCUT2D eigenvalue weighted by molar-refractivity contribution is 0.279. The van der Waals surface area contributed by atoms with Gasteiger partial charge in [-0.2, -0.15) is 4.98 Å². The van der Waals surface area contributed by atoms with E-state index in [4.69, 9.17) is 4.74 Å². The monoisotopic (exact) mass is 285 g/mol. The van der Waals surface area contributed by atoms with Crippen LogP contribution in [0.4, 0.5) is 5.82 Å². The number of aromatic nitrogens is 2. The maximum atomic E-state index is 5.77. The van der Waals surface area contributed by atoms with Gasteiger partial charge in [0.15, 0.2) is 5.82 Å². The molecule has 0 radical (unpaired) electrons. The molecule has 21 heavy (non-hydrogen) atoms. The Morgan fingerprint density at radius 3 is 2.57 bits per heavy atom. The molecular formula is C17H23N3O. The van der Waals surface area contributed by atoms with Crippen LogP contribution in [0.25, 0.3) is 11.4 Å². The van der Waals surface area contributed by atoms with E-state index in [0.29, 0.717) is 24.2 Å². The molecule has 4 nitrogen and oxygen atoms in total. The SMILES string of the molecule is CCNc1cc(OCCC(C)C)nc(-c2ccccc2)n1. The van der Waals surface area contributed by atoms with Crippen molar-refractivity contribution in [3.63, 3.8) is 0 Å². The molecule has 112 valence electrons. The van der Waals surface area contributed by atoms with Crippen molar-refractivity contribution in [2.24, 2.45) is 5.92 Å². The molecule has 2 aromatic rings. The van der Waals surface area contributed by atoms with E-state index in [9.17, 15) is 0 Å². The average Bonchev–Trinajstić information content (AvgIpc) is 2.48. The summed E-state index contributed by atoms with van der Waals surface area (Å²) in [6, 6.07) is 11.8. The zero-order chi connectivity index (χ0) is 15.1. The van der Waals surface area contributed by atoms with Crippen molar-refractivity contribution in [3.8, 4) is 17.3 Å². The first-order valence-corrected chi connectivity index (χ1v) is 7.50. The lowest BCUT2D eigenvalue weighted by Crippen LogP contribution is -2.06. The van der Waals surface area contributed by atoms with Crippen molar-refractivity contribution in [2.75, 3.05) is 18.5 Å². The van der Waals surface area contributed by atoms with Gasteiger partial charge in [-0.25, -0.2) is 4.98 Å². The van der Waals surface area contributed by atoms with Gasteiger partial charge in [0.2, 0.25) is 5.88 Å². The fraction of sp³-hybridized carbons (Fsp3) is 0.412. The first-order valence-electron chi connectivity index (χ1n) is 7.50. The standard InChI is InChI=1S/C17H23N3O/c1-4-18-15-12-16(21-11-10-13(2)3)20-17(19-15)14-8-6-5-7-9-14/h5-9,12-13H,4,10-11H2,1-3H3,(H,18,19,20). The largest absolute Gasteiger partial charge is 0.478 e. The van der Waals surface area contributed by atoms with E-state index in [1.54, 1.807) is 0 Å². The lowest BCUT2D eigenvalue weighted by atomic mass is 10.1. The highest BCUT2D eigenvalue weighted by Gasteiger charge is 2.07. The Balaban J connectivity index is 2.22. The molecule has 0 aliphatic rings. The molecule has 0 saturated carbocycles. The van der Waals surface area contributed by atoms with Crippen LogP contribution in [0.3, 0.4) is 0 Å². The van der Waals surface area contributed by atoms with E-state index in [-0.39, 0.29) is 0 Å². The predicted molar refractivity (Wildman–Crippen MR) is 86.6 cm³/mol. The zero-order valence-corrected chi connectivity index (χ0v) is 13.0. The number of rotatable bonds is 7. The van der Waals surface area contributed by atoms with Crippen molar-refractivity contribution < 1.29 is 4.74 Å². The van der Waals surface area contributed by atoms with Crippen LogP contribution in [0.5, 0.6) is 5.88 Å². The fourth-order valence-electron chi connectivity index (χ4n) is 1.89. The first kappa shape index (κ1) is 15.3. The fourth-order valence-corrected chi connectivity index (χ4v) is 1.89. The molecule has 0 aliphatic carbocycles. The summed E-state index contributed by atoms with van der Waals surface area (Å²) in [4.78, 5) is 9.04. The maximum absolute atomic E-state index is 5.77. The molecule has 4 heteroatoms. The number of ether oxygens (including phenoxy) is 1. The molecular weight excluding hydrogens is 262 g/mol. The molecule has 0 amide bonds. The normalized spacial score (nSPS) is 10.7. The molecule has 0 spiro atoms. The molecule has 0 atom stereocenters. The number of anilines is 1. The van der Waals surface area contributed by atoms with Crippen molar-refractivity contribution in [1.82, 2.24) is 9.97 Å². The van der Waals surface area contributed by atoms with E-state index in [0.717, 1.165) is 24.3 Å². The van der Waals surface area contributed by atoms with Gasteiger partial charge in [0.25, 0.3) is 0 Å².